The topological polar surface area (TPSA) is 50.5 Å². The average molecular weight is 289 g/mol. The third-order valence-electron chi connectivity index (χ3n) is 5.15. The molecule has 1 aromatic rings. The molecule has 114 valence electrons. The second-order valence-corrected chi connectivity index (χ2v) is 6.39. The highest BCUT2D eigenvalue weighted by molar-refractivity contribution is 5.97. The number of carbonyl (C=O) groups is 2. The first kappa shape index (κ1) is 14.4. The van der Waals surface area contributed by atoms with Gasteiger partial charge in [0.15, 0.2) is 0 Å². The predicted octanol–water partition coefficient (Wildman–Crippen LogP) is 3.18. The summed E-state index contributed by atoms with van der Waals surface area (Å²) in [6.07, 6.45) is 4.55. The van der Waals surface area contributed by atoms with Crippen LogP contribution < -0.4 is 0 Å². The molecule has 1 saturated heterocycles. The van der Waals surface area contributed by atoms with Gasteiger partial charge >= 0.3 is 0 Å². The largest absolute Gasteiger partial charge is 0.466 e. The van der Waals surface area contributed by atoms with Crippen LogP contribution in [0.15, 0.2) is 4.42 Å². The number of Topliss-reactive ketones (excluding diaryl/α,β-unsaturated/α-hetero) is 1. The minimum Gasteiger partial charge on any atom is -0.466 e. The van der Waals surface area contributed by atoms with Crippen LogP contribution in [0.5, 0.6) is 0 Å². The van der Waals surface area contributed by atoms with E-state index in [1.165, 1.54) is 0 Å². The number of hydrogen-bond donors (Lipinski definition) is 0. The fraction of sp³-hybridized carbons (Fsp3) is 0.647. The summed E-state index contributed by atoms with van der Waals surface area (Å²) in [4.78, 5) is 26.9. The van der Waals surface area contributed by atoms with Crippen LogP contribution in [0.3, 0.4) is 0 Å². The first-order valence-electron chi connectivity index (χ1n) is 7.91. The highest BCUT2D eigenvalue weighted by atomic mass is 16.3. The number of likely N-dealkylation sites (tertiary alicyclic amines) is 1. The SMILES string of the molecule is Cc1oc(C)c(C(=O)N2CCCC2C2CCCC2=O)c1C. The van der Waals surface area contributed by atoms with E-state index in [0.29, 0.717) is 23.5 Å². The van der Waals surface area contributed by atoms with Crippen LogP contribution in [0.2, 0.25) is 0 Å². The first-order valence-corrected chi connectivity index (χ1v) is 7.91. The van der Waals surface area contributed by atoms with Gasteiger partial charge in [0.2, 0.25) is 0 Å². The fourth-order valence-electron chi connectivity index (χ4n) is 3.96. The quantitative estimate of drug-likeness (QED) is 0.840. The van der Waals surface area contributed by atoms with Crippen LogP contribution >= 0.6 is 0 Å². The van der Waals surface area contributed by atoms with E-state index in [4.69, 9.17) is 4.42 Å². The van der Waals surface area contributed by atoms with Gasteiger partial charge in [-0.1, -0.05) is 0 Å². The minimum atomic E-state index is 0.0454. The second-order valence-electron chi connectivity index (χ2n) is 6.39. The zero-order chi connectivity index (χ0) is 15.1. The molecule has 0 N–H and O–H groups in total. The lowest BCUT2D eigenvalue weighted by Crippen LogP contribution is -2.41. The highest BCUT2D eigenvalue weighted by Crippen LogP contribution is 2.35. The molecule has 2 heterocycles. The van der Waals surface area contributed by atoms with Gasteiger partial charge in [-0.3, -0.25) is 9.59 Å². The Hall–Kier alpha value is -1.58. The minimum absolute atomic E-state index is 0.0454. The Morgan fingerprint density at radius 1 is 1.14 bits per heavy atom. The Morgan fingerprint density at radius 3 is 2.48 bits per heavy atom. The average Bonchev–Trinajstić information content (AvgIpc) is 3.10. The maximum atomic E-state index is 12.9. The Morgan fingerprint density at radius 2 is 1.90 bits per heavy atom. The lowest BCUT2D eigenvalue weighted by molar-refractivity contribution is -0.121. The predicted molar refractivity (Wildman–Crippen MR) is 79.3 cm³/mol. The Bertz CT molecular complexity index is 587. The summed E-state index contributed by atoms with van der Waals surface area (Å²) < 4.78 is 5.59. The van der Waals surface area contributed by atoms with Crippen molar-refractivity contribution in [3.05, 3.63) is 22.6 Å². The van der Waals surface area contributed by atoms with E-state index in [9.17, 15) is 9.59 Å². The monoisotopic (exact) mass is 289 g/mol. The molecule has 2 unspecified atom stereocenters. The maximum absolute atomic E-state index is 12.9. The maximum Gasteiger partial charge on any atom is 0.257 e. The first-order chi connectivity index (χ1) is 10.0. The van der Waals surface area contributed by atoms with Gasteiger partial charge in [-0.2, -0.15) is 0 Å². The molecule has 0 bridgehead atoms. The molecule has 2 aliphatic rings. The van der Waals surface area contributed by atoms with Gasteiger partial charge in [0.1, 0.15) is 17.3 Å². The van der Waals surface area contributed by atoms with E-state index in [1.807, 2.05) is 25.7 Å². The van der Waals surface area contributed by atoms with Crippen LogP contribution in [0.25, 0.3) is 0 Å². The molecule has 2 fully saturated rings. The van der Waals surface area contributed by atoms with E-state index >= 15 is 0 Å². The number of furan rings is 1. The van der Waals surface area contributed by atoms with Crippen molar-refractivity contribution in [3.63, 3.8) is 0 Å². The van der Waals surface area contributed by atoms with Gasteiger partial charge in [-0.25, -0.2) is 0 Å². The van der Waals surface area contributed by atoms with Crippen LogP contribution in [-0.4, -0.2) is 29.2 Å². The van der Waals surface area contributed by atoms with E-state index < -0.39 is 0 Å². The van der Waals surface area contributed by atoms with Crippen molar-refractivity contribution < 1.29 is 14.0 Å². The number of nitrogens with zero attached hydrogens (tertiary/aromatic N) is 1. The molecule has 21 heavy (non-hydrogen) atoms. The van der Waals surface area contributed by atoms with E-state index in [2.05, 4.69) is 0 Å². The molecule has 0 spiro atoms. The Labute approximate surface area is 125 Å². The fourth-order valence-corrected chi connectivity index (χ4v) is 3.96. The number of ketones is 1. The van der Waals surface area contributed by atoms with Crippen LogP contribution in [0, 0.1) is 26.7 Å². The van der Waals surface area contributed by atoms with Gasteiger partial charge in [0.25, 0.3) is 5.91 Å². The summed E-state index contributed by atoms with van der Waals surface area (Å²) >= 11 is 0. The molecular formula is C17H23NO3. The van der Waals surface area contributed by atoms with Crippen molar-refractivity contribution in [2.24, 2.45) is 5.92 Å². The highest BCUT2D eigenvalue weighted by Gasteiger charge is 2.41. The molecule has 0 radical (unpaired) electrons. The number of rotatable bonds is 2. The van der Waals surface area contributed by atoms with Crippen molar-refractivity contribution in [2.75, 3.05) is 6.54 Å². The number of carbonyl (C=O) groups excluding carboxylic acids is 2. The number of amides is 1. The van der Waals surface area contributed by atoms with Crippen molar-refractivity contribution in [1.29, 1.82) is 0 Å². The van der Waals surface area contributed by atoms with E-state index in [0.717, 1.165) is 43.6 Å². The standard InChI is InChI=1S/C17H23NO3/c1-10-11(2)21-12(3)16(10)17(20)18-9-5-7-14(18)13-6-4-8-15(13)19/h13-14H,4-9H2,1-3H3. The summed E-state index contributed by atoms with van der Waals surface area (Å²) in [5.74, 6) is 1.95. The van der Waals surface area contributed by atoms with Gasteiger partial charge in [-0.05, 0) is 46.5 Å². The zero-order valence-corrected chi connectivity index (χ0v) is 13.1. The van der Waals surface area contributed by atoms with Crippen molar-refractivity contribution in [3.8, 4) is 0 Å². The molecule has 2 atom stereocenters. The van der Waals surface area contributed by atoms with Gasteiger partial charge < -0.3 is 9.32 Å². The summed E-state index contributed by atoms with van der Waals surface area (Å²) in [5, 5.41) is 0. The lowest BCUT2D eigenvalue weighted by atomic mass is 9.94. The van der Waals surface area contributed by atoms with Crippen molar-refractivity contribution in [2.45, 2.75) is 58.9 Å². The molecule has 4 nitrogen and oxygen atoms in total. The molecule has 1 aliphatic heterocycles. The molecule has 1 saturated carbocycles. The molecule has 3 rings (SSSR count). The van der Waals surface area contributed by atoms with Crippen LogP contribution in [0.1, 0.15) is 59.5 Å². The van der Waals surface area contributed by atoms with Crippen molar-refractivity contribution in [1.82, 2.24) is 4.90 Å². The summed E-state index contributed by atoms with van der Waals surface area (Å²) in [5.41, 5.74) is 1.63. The third kappa shape index (κ3) is 2.30. The molecular weight excluding hydrogens is 266 g/mol. The van der Waals surface area contributed by atoms with E-state index in [1.54, 1.807) is 0 Å². The number of aryl methyl sites for hydroxylation is 2. The Kier molecular flexibility index (Phi) is 3.64. The van der Waals surface area contributed by atoms with Crippen LogP contribution in [-0.2, 0) is 4.79 Å². The summed E-state index contributed by atoms with van der Waals surface area (Å²) in [6, 6.07) is 0.0986. The van der Waals surface area contributed by atoms with E-state index in [-0.39, 0.29) is 17.9 Å². The lowest BCUT2D eigenvalue weighted by Gasteiger charge is -2.28. The second kappa shape index (κ2) is 5.32. The zero-order valence-electron chi connectivity index (χ0n) is 13.1. The van der Waals surface area contributed by atoms with Crippen molar-refractivity contribution >= 4 is 11.7 Å². The van der Waals surface area contributed by atoms with Gasteiger partial charge in [0.05, 0.1) is 5.56 Å². The molecule has 1 aromatic heterocycles. The molecule has 4 heteroatoms. The normalized spacial score (nSPS) is 25.9. The third-order valence-corrected chi connectivity index (χ3v) is 5.15. The smallest absolute Gasteiger partial charge is 0.257 e. The molecule has 1 amide bonds. The van der Waals surface area contributed by atoms with Gasteiger partial charge in [0, 0.05) is 30.5 Å². The van der Waals surface area contributed by atoms with Gasteiger partial charge in [-0.15, -0.1) is 0 Å². The molecule has 0 aromatic carbocycles. The molecule has 1 aliphatic carbocycles. The van der Waals surface area contributed by atoms with Crippen LogP contribution in [0.4, 0.5) is 0 Å². The summed E-state index contributed by atoms with van der Waals surface area (Å²) in [7, 11) is 0. The Balaban J connectivity index is 1.88. The number of hydrogen-bond acceptors (Lipinski definition) is 3. The summed E-state index contributed by atoms with van der Waals surface area (Å²) in [6.45, 7) is 6.43.